The Bertz CT molecular complexity index is 1250. The highest BCUT2D eigenvalue weighted by atomic mass is 31.1. The van der Waals surface area contributed by atoms with Gasteiger partial charge in [0, 0.05) is 22.6 Å². The highest BCUT2D eigenvalue weighted by Crippen LogP contribution is 2.54. The standard InChI is InChI=1S/C29H26NP/c1-28(2)20-11-5-7-14-25(20)31-26-15-8-6-12-21(26)29(3,4)23-18-19(17-22(28)27(23)31)24-13-9-10-16-30-24/h5-18H,1-4H3. The number of benzene rings is 3. The second-order valence-electron chi connectivity index (χ2n) is 9.75. The Hall–Kier alpha value is -2.76. The fraction of sp³-hybridized carbons (Fsp3) is 0.207. The van der Waals surface area contributed by atoms with Crippen LogP contribution in [-0.2, 0) is 10.8 Å². The van der Waals surface area contributed by atoms with Crippen LogP contribution in [-0.4, -0.2) is 4.98 Å². The van der Waals surface area contributed by atoms with Gasteiger partial charge in [-0.2, -0.15) is 0 Å². The van der Waals surface area contributed by atoms with Gasteiger partial charge in [0.2, 0.25) is 0 Å². The Labute approximate surface area is 186 Å². The first-order chi connectivity index (χ1) is 14.9. The number of fused-ring (bicyclic) bond motifs is 4. The minimum Gasteiger partial charge on any atom is -0.256 e. The molecule has 0 bridgehead atoms. The molecule has 0 radical (unpaired) electrons. The molecular weight excluding hydrogens is 393 g/mol. The average molecular weight is 420 g/mol. The molecule has 6 rings (SSSR count). The van der Waals surface area contributed by atoms with Crippen LogP contribution in [0.25, 0.3) is 11.3 Å². The first-order valence-corrected chi connectivity index (χ1v) is 12.3. The van der Waals surface area contributed by atoms with Crippen molar-refractivity contribution in [2.75, 3.05) is 0 Å². The van der Waals surface area contributed by atoms with Gasteiger partial charge < -0.3 is 0 Å². The van der Waals surface area contributed by atoms with Crippen molar-refractivity contribution in [1.29, 1.82) is 0 Å². The molecule has 0 fully saturated rings. The molecule has 0 atom stereocenters. The Morgan fingerprint density at radius 3 is 1.65 bits per heavy atom. The van der Waals surface area contributed by atoms with E-state index in [1.165, 1.54) is 38.4 Å². The van der Waals surface area contributed by atoms with Crippen LogP contribution in [0.4, 0.5) is 0 Å². The first-order valence-electron chi connectivity index (χ1n) is 11.0. The lowest BCUT2D eigenvalue weighted by atomic mass is 9.71. The predicted molar refractivity (Wildman–Crippen MR) is 133 cm³/mol. The van der Waals surface area contributed by atoms with Crippen LogP contribution < -0.4 is 15.9 Å². The second-order valence-corrected chi connectivity index (χ2v) is 11.8. The molecule has 0 saturated heterocycles. The Morgan fingerprint density at radius 1 is 0.613 bits per heavy atom. The van der Waals surface area contributed by atoms with Crippen LogP contribution in [0.5, 0.6) is 0 Å². The molecule has 0 spiro atoms. The van der Waals surface area contributed by atoms with E-state index in [1.807, 2.05) is 12.3 Å². The van der Waals surface area contributed by atoms with Gasteiger partial charge in [0.1, 0.15) is 0 Å². The van der Waals surface area contributed by atoms with Gasteiger partial charge in [-0.1, -0.05) is 82.3 Å². The van der Waals surface area contributed by atoms with Crippen LogP contribution in [0.2, 0.25) is 0 Å². The van der Waals surface area contributed by atoms with Gasteiger partial charge in [-0.25, -0.2) is 0 Å². The molecule has 0 N–H and O–H groups in total. The monoisotopic (exact) mass is 419 g/mol. The topological polar surface area (TPSA) is 12.9 Å². The van der Waals surface area contributed by atoms with Crippen molar-refractivity contribution in [3.05, 3.63) is 107 Å². The van der Waals surface area contributed by atoms with Crippen LogP contribution in [0.1, 0.15) is 49.9 Å². The molecule has 1 nitrogen and oxygen atoms in total. The number of hydrogen-bond donors (Lipinski definition) is 0. The summed E-state index contributed by atoms with van der Waals surface area (Å²) in [5.41, 5.74) is 8.05. The second kappa shape index (κ2) is 6.38. The van der Waals surface area contributed by atoms with E-state index in [-0.39, 0.29) is 10.8 Å². The Kier molecular flexibility index (Phi) is 3.90. The molecule has 0 saturated carbocycles. The normalized spacial score (nSPS) is 17.4. The van der Waals surface area contributed by atoms with Crippen molar-refractivity contribution in [3.63, 3.8) is 0 Å². The van der Waals surface area contributed by atoms with Gasteiger partial charge in [0.25, 0.3) is 0 Å². The third-order valence-corrected chi connectivity index (χ3v) is 9.95. The summed E-state index contributed by atoms with van der Waals surface area (Å²) in [6.07, 6.45) is 1.90. The summed E-state index contributed by atoms with van der Waals surface area (Å²) in [6.45, 7) is 9.57. The summed E-state index contributed by atoms with van der Waals surface area (Å²) in [6, 6.07) is 29.3. The average Bonchev–Trinajstić information content (AvgIpc) is 2.79. The van der Waals surface area contributed by atoms with E-state index < -0.39 is 7.92 Å². The molecule has 0 amide bonds. The maximum atomic E-state index is 4.70. The molecule has 3 heterocycles. The van der Waals surface area contributed by atoms with Crippen molar-refractivity contribution < 1.29 is 0 Å². The van der Waals surface area contributed by atoms with Gasteiger partial charge in [0.05, 0.1) is 5.69 Å². The zero-order valence-electron chi connectivity index (χ0n) is 18.5. The molecule has 0 unspecified atom stereocenters. The lowest BCUT2D eigenvalue weighted by molar-refractivity contribution is 0.624. The molecular formula is C29H26NP. The third-order valence-electron chi connectivity index (χ3n) is 7.28. The summed E-state index contributed by atoms with van der Waals surface area (Å²) >= 11 is 0. The van der Waals surface area contributed by atoms with Gasteiger partial charge in [0.15, 0.2) is 0 Å². The molecule has 2 heteroatoms. The van der Waals surface area contributed by atoms with Gasteiger partial charge in [-0.3, -0.25) is 4.98 Å². The van der Waals surface area contributed by atoms with Crippen molar-refractivity contribution in [3.8, 4) is 11.3 Å². The van der Waals surface area contributed by atoms with E-state index in [0.29, 0.717) is 0 Å². The van der Waals surface area contributed by atoms with E-state index in [2.05, 4.69) is 100 Å². The van der Waals surface area contributed by atoms with Crippen molar-refractivity contribution in [2.24, 2.45) is 0 Å². The fourth-order valence-electron chi connectivity index (χ4n) is 5.56. The van der Waals surface area contributed by atoms with E-state index in [0.717, 1.165) is 5.69 Å². The van der Waals surface area contributed by atoms with E-state index in [4.69, 9.17) is 4.98 Å². The summed E-state index contributed by atoms with van der Waals surface area (Å²) in [4.78, 5) is 4.70. The number of rotatable bonds is 1. The molecule has 31 heavy (non-hydrogen) atoms. The van der Waals surface area contributed by atoms with Crippen molar-refractivity contribution in [1.82, 2.24) is 4.98 Å². The molecule has 2 aliphatic rings. The smallest absolute Gasteiger partial charge is 0.0702 e. The largest absolute Gasteiger partial charge is 0.256 e. The highest BCUT2D eigenvalue weighted by molar-refractivity contribution is 7.80. The SMILES string of the molecule is CC1(C)c2ccccc2P2c3ccccc3C(C)(C)c3cc(-c4ccccn4)cc1c32. The summed E-state index contributed by atoms with van der Waals surface area (Å²) < 4.78 is 0. The molecule has 0 aliphatic carbocycles. The zero-order chi connectivity index (χ0) is 21.4. The van der Waals surface area contributed by atoms with Crippen LogP contribution in [0, 0.1) is 0 Å². The molecule has 152 valence electrons. The lowest BCUT2D eigenvalue weighted by Crippen LogP contribution is -2.48. The maximum Gasteiger partial charge on any atom is 0.0702 e. The minimum atomic E-state index is -0.570. The lowest BCUT2D eigenvalue weighted by Gasteiger charge is -2.47. The fourth-order valence-corrected chi connectivity index (χ4v) is 9.14. The minimum absolute atomic E-state index is 0.0489. The van der Waals surface area contributed by atoms with Crippen LogP contribution in [0.3, 0.4) is 0 Å². The summed E-state index contributed by atoms with van der Waals surface area (Å²) in [5, 5.41) is 4.61. The number of aromatic nitrogens is 1. The molecule has 1 aromatic heterocycles. The highest BCUT2D eigenvalue weighted by Gasteiger charge is 2.46. The molecule has 2 aliphatic heterocycles. The summed E-state index contributed by atoms with van der Waals surface area (Å²) in [7, 11) is -0.570. The zero-order valence-corrected chi connectivity index (χ0v) is 19.4. The third kappa shape index (κ3) is 2.50. The Morgan fingerprint density at radius 2 is 1.13 bits per heavy atom. The van der Waals surface area contributed by atoms with Crippen LogP contribution >= 0.6 is 7.92 Å². The van der Waals surface area contributed by atoms with E-state index in [1.54, 1.807) is 5.30 Å². The predicted octanol–water partition coefficient (Wildman–Crippen LogP) is 5.79. The van der Waals surface area contributed by atoms with Crippen molar-refractivity contribution >= 4 is 23.8 Å². The number of nitrogens with zero attached hydrogens (tertiary/aromatic N) is 1. The van der Waals surface area contributed by atoms with Crippen LogP contribution in [0.15, 0.2) is 85.1 Å². The van der Waals surface area contributed by atoms with Gasteiger partial charge in [-0.15, -0.1) is 0 Å². The maximum absolute atomic E-state index is 4.70. The first kappa shape index (κ1) is 19.0. The molecule has 3 aromatic carbocycles. The summed E-state index contributed by atoms with van der Waals surface area (Å²) in [5.74, 6) is 0. The number of pyridine rings is 1. The Balaban J connectivity index is 1.77. The van der Waals surface area contributed by atoms with Crippen molar-refractivity contribution in [2.45, 2.75) is 38.5 Å². The van der Waals surface area contributed by atoms with Gasteiger partial charge >= 0.3 is 0 Å². The van der Waals surface area contributed by atoms with Gasteiger partial charge in [-0.05, 0) is 70.4 Å². The molecule has 4 aromatic rings. The quantitative estimate of drug-likeness (QED) is 0.356. The number of hydrogen-bond acceptors (Lipinski definition) is 1. The van der Waals surface area contributed by atoms with E-state index >= 15 is 0 Å². The van der Waals surface area contributed by atoms with E-state index in [9.17, 15) is 0 Å².